The fraction of sp³-hybridized carbons (Fsp3) is 0.133. The standard InChI is InChI=1S/C15H14N4OS/c1-9-6-18-12(7-17-9)8-19-15(20)14-5-10-4-11(16)2-3-13(10)21-14/h2-7H,8,16H2,1H3,(H,19,20). The van der Waals surface area contributed by atoms with Crippen molar-refractivity contribution in [3.8, 4) is 0 Å². The normalized spacial score (nSPS) is 10.7. The Bertz CT molecular complexity index is 795. The van der Waals surface area contributed by atoms with E-state index in [9.17, 15) is 4.79 Å². The highest BCUT2D eigenvalue weighted by atomic mass is 32.1. The molecule has 0 radical (unpaired) electrons. The topological polar surface area (TPSA) is 80.9 Å². The van der Waals surface area contributed by atoms with Crippen molar-refractivity contribution in [1.82, 2.24) is 15.3 Å². The second-order valence-electron chi connectivity index (χ2n) is 4.74. The van der Waals surface area contributed by atoms with Crippen LogP contribution in [0, 0.1) is 6.92 Å². The van der Waals surface area contributed by atoms with E-state index in [1.54, 1.807) is 12.4 Å². The number of carbonyl (C=O) groups excluding carboxylic acids is 1. The predicted molar refractivity (Wildman–Crippen MR) is 84.2 cm³/mol. The number of rotatable bonds is 3. The zero-order valence-electron chi connectivity index (χ0n) is 11.5. The molecule has 0 saturated heterocycles. The maximum absolute atomic E-state index is 12.2. The summed E-state index contributed by atoms with van der Waals surface area (Å²) in [4.78, 5) is 21.2. The molecule has 1 aromatic carbocycles. The van der Waals surface area contributed by atoms with Crippen molar-refractivity contribution in [2.24, 2.45) is 0 Å². The van der Waals surface area contributed by atoms with Crippen LogP contribution in [0.1, 0.15) is 21.1 Å². The van der Waals surface area contributed by atoms with Gasteiger partial charge in [0.15, 0.2) is 0 Å². The lowest BCUT2D eigenvalue weighted by Gasteiger charge is -2.02. The van der Waals surface area contributed by atoms with Gasteiger partial charge in [-0.1, -0.05) is 0 Å². The number of amides is 1. The molecule has 5 nitrogen and oxygen atoms in total. The van der Waals surface area contributed by atoms with Crippen LogP contribution in [0.25, 0.3) is 10.1 Å². The molecule has 0 saturated carbocycles. The fourth-order valence-electron chi connectivity index (χ4n) is 1.94. The first-order chi connectivity index (χ1) is 10.1. The van der Waals surface area contributed by atoms with Crippen molar-refractivity contribution in [3.05, 3.63) is 52.9 Å². The van der Waals surface area contributed by atoms with Gasteiger partial charge in [0, 0.05) is 16.6 Å². The zero-order valence-corrected chi connectivity index (χ0v) is 12.3. The van der Waals surface area contributed by atoms with Gasteiger partial charge in [0.2, 0.25) is 0 Å². The van der Waals surface area contributed by atoms with E-state index in [2.05, 4.69) is 15.3 Å². The first-order valence-corrected chi connectivity index (χ1v) is 7.28. The summed E-state index contributed by atoms with van der Waals surface area (Å²) < 4.78 is 1.05. The molecule has 2 aromatic heterocycles. The number of fused-ring (bicyclic) bond motifs is 1. The van der Waals surface area contributed by atoms with Gasteiger partial charge in [0.25, 0.3) is 5.91 Å². The SMILES string of the molecule is Cc1cnc(CNC(=O)c2cc3cc(N)ccc3s2)cn1. The van der Waals surface area contributed by atoms with Crippen LogP contribution in [0.4, 0.5) is 5.69 Å². The lowest BCUT2D eigenvalue weighted by Crippen LogP contribution is -2.22. The Hall–Kier alpha value is -2.47. The van der Waals surface area contributed by atoms with Gasteiger partial charge in [-0.3, -0.25) is 14.8 Å². The third-order valence-corrected chi connectivity index (χ3v) is 4.14. The molecule has 21 heavy (non-hydrogen) atoms. The van der Waals surface area contributed by atoms with E-state index in [1.807, 2.05) is 31.2 Å². The smallest absolute Gasteiger partial charge is 0.261 e. The summed E-state index contributed by atoms with van der Waals surface area (Å²) in [6, 6.07) is 7.49. The van der Waals surface area contributed by atoms with Gasteiger partial charge >= 0.3 is 0 Å². The van der Waals surface area contributed by atoms with E-state index < -0.39 is 0 Å². The number of nitrogens with one attached hydrogen (secondary N) is 1. The van der Waals surface area contributed by atoms with Crippen LogP contribution in [0.15, 0.2) is 36.7 Å². The van der Waals surface area contributed by atoms with Crippen molar-refractivity contribution in [1.29, 1.82) is 0 Å². The van der Waals surface area contributed by atoms with Gasteiger partial charge in [0.05, 0.1) is 29.0 Å². The molecule has 0 aliphatic carbocycles. The number of aryl methyl sites for hydroxylation is 1. The zero-order chi connectivity index (χ0) is 14.8. The summed E-state index contributed by atoms with van der Waals surface area (Å²) in [5.41, 5.74) is 8.03. The number of aromatic nitrogens is 2. The number of carbonyl (C=O) groups is 1. The van der Waals surface area contributed by atoms with Crippen molar-refractivity contribution in [3.63, 3.8) is 0 Å². The fourth-order valence-corrected chi connectivity index (χ4v) is 2.90. The van der Waals surface area contributed by atoms with E-state index in [1.165, 1.54) is 11.3 Å². The molecule has 0 bridgehead atoms. The Morgan fingerprint density at radius 2 is 2.14 bits per heavy atom. The molecule has 0 unspecified atom stereocenters. The van der Waals surface area contributed by atoms with Crippen LogP contribution in [0.3, 0.4) is 0 Å². The van der Waals surface area contributed by atoms with E-state index in [0.29, 0.717) is 17.1 Å². The molecule has 106 valence electrons. The van der Waals surface area contributed by atoms with Gasteiger partial charge in [-0.15, -0.1) is 11.3 Å². The highest BCUT2D eigenvalue weighted by Gasteiger charge is 2.10. The highest BCUT2D eigenvalue weighted by Crippen LogP contribution is 2.27. The third kappa shape index (κ3) is 3.00. The molecular weight excluding hydrogens is 284 g/mol. The summed E-state index contributed by atoms with van der Waals surface area (Å²) in [5, 5.41) is 3.83. The third-order valence-electron chi connectivity index (χ3n) is 3.03. The van der Waals surface area contributed by atoms with Gasteiger partial charge in [-0.2, -0.15) is 0 Å². The Labute approximate surface area is 125 Å². The summed E-state index contributed by atoms with van der Waals surface area (Å²) in [7, 11) is 0. The van der Waals surface area contributed by atoms with E-state index in [-0.39, 0.29) is 5.91 Å². The second-order valence-corrected chi connectivity index (χ2v) is 5.82. The second kappa shape index (κ2) is 5.49. The number of hydrogen-bond acceptors (Lipinski definition) is 5. The molecule has 2 heterocycles. The molecular formula is C15H14N4OS. The lowest BCUT2D eigenvalue weighted by atomic mass is 10.2. The van der Waals surface area contributed by atoms with E-state index in [4.69, 9.17) is 5.73 Å². The molecule has 0 atom stereocenters. The number of nitrogens with zero attached hydrogens (tertiary/aromatic N) is 2. The van der Waals surface area contributed by atoms with Crippen molar-refractivity contribution >= 4 is 33.0 Å². The summed E-state index contributed by atoms with van der Waals surface area (Å²) in [6.07, 6.45) is 3.35. The van der Waals surface area contributed by atoms with Gasteiger partial charge in [0.1, 0.15) is 0 Å². The molecule has 0 spiro atoms. The van der Waals surface area contributed by atoms with Crippen LogP contribution in [0.2, 0.25) is 0 Å². The first kappa shape index (κ1) is 13.5. The average molecular weight is 298 g/mol. The molecule has 1 amide bonds. The molecule has 3 aromatic rings. The maximum Gasteiger partial charge on any atom is 0.261 e. The van der Waals surface area contributed by atoms with Crippen molar-refractivity contribution in [2.45, 2.75) is 13.5 Å². The van der Waals surface area contributed by atoms with Crippen LogP contribution < -0.4 is 11.1 Å². The molecule has 6 heteroatoms. The molecule has 0 fully saturated rings. The molecule has 3 rings (SSSR count). The summed E-state index contributed by atoms with van der Waals surface area (Å²) in [5.74, 6) is -0.114. The van der Waals surface area contributed by atoms with Crippen molar-refractivity contribution in [2.75, 3.05) is 5.73 Å². The summed E-state index contributed by atoms with van der Waals surface area (Å²) >= 11 is 1.45. The average Bonchev–Trinajstić information content (AvgIpc) is 2.89. The minimum absolute atomic E-state index is 0.114. The molecule has 0 aliphatic heterocycles. The van der Waals surface area contributed by atoms with Crippen LogP contribution in [-0.2, 0) is 6.54 Å². The van der Waals surface area contributed by atoms with Gasteiger partial charge < -0.3 is 11.1 Å². The largest absolute Gasteiger partial charge is 0.399 e. The number of anilines is 1. The minimum Gasteiger partial charge on any atom is -0.399 e. The lowest BCUT2D eigenvalue weighted by molar-refractivity contribution is 0.0954. The van der Waals surface area contributed by atoms with Crippen molar-refractivity contribution < 1.29 is 4.79 Å². The molecule has 0 aliphatic rings. The molecule has 3 N–H and O–H groups in total. The van der Waals surface area contributed by atoms with Crippen LogP contribution in [0.5, 0.6) is 0 Å². The number of hydrogen-bond donors (Lipinski definition) is 2. The number of benzene rings is 1. The number of nitrogen functional groups attached to an aromatic ring is 1. The Balaban J connectivity index is 1.73. The first-order valence-electron chi connectivity index (χ1n) is 6.46. The van der Waals surface area contributed by atoms with Crippen LogP contribution >= 0.6 is 11.3 Å². The van der Waals surface area contributed by atoms with E-state index >= 15 is 0 Å². The number of thiophene rings is 1. The summed E-state index contributed by atoms with van der Waals surface area (Å²) in [6.45, 7) is 2.24. The minimum atomic E-state index is -0.114. The predicted octanol–water partition coefficient (Wildman–Crippen LogP) is 2.51. The Morgan fingerprint density at radius 1 is 1.29 bits per heavy atom. The van der Waals surface area contributed by atoms with Gasteiger partial charge in [-0.25, -0.2) is 0 Å². The van der Waals surface area contributed by atoms with Gasteiger partial charge in [-0.05, 0) is 36.6 Å². The quantitative estimate of drug-likeness (QED) is 0.728. The monoisotopic (exact) mass is 298 g/mol. The van der Waals surface area contributed by atoms with Crippen LogP contribution in [-0.4, -0.2) is 15.9 Å². The van der Waals surface area contributed by atoms with E-state index in [0.717, 1.165) is 21.5 Å². The highest BCUT2D eigenvalue weighted by molar-refractivity contribution is 7.20. The Morgan fingerprint density at radius 3 is 2.90 bits per heavy atom. The maximum atomic E-state index is 12.2. The Kier molecular flexibility index (Phi) is 3.53. The number of nitrogens with two attached hydrogens (primary N) is 1.